The van der Waals surface area contributed by atoms with Gasteiger partial charge in [0.25, 0.3) is 11.8 Å². The molecule has 30 heavy (non-hydrogen) atoms. The standard InChI is InChI=1S/C23H19N5O2/c29-22(17-6-2-1-3-7-17)26-20-12-10-18(11-13-20)23(30)27-21-9-5-4-8-19(21)14-28-16-24-15-25-28/h1-13,15-16H,14H2,(H,26,29)(H,27,30). The maximum Gasteiger partial charge on any atom is 0.255 e. The SMILES string of the molecule is O=C(Nc1ccc(C(=O)Nc2ccccc2Cn2cncn2)cc1)c1ccccc1. The minimum absolute atomic E-state index is 0.199. The van der Waals surface area contributed by atoms with Crippen LogP contribution in [0.3, 0.4) is 0 Å². The van der Waals surface area contributed by atoms with Crippen LogP contribution in [0.25, 0.3) is 0 Å². The summed E-state index contributed by atoms with van der Waals surface area (Å²) in [4.78, 5) is 28.9. The van der Waals surface area contributed by atoms with Crippen molar-refractivity contribution in [1.82, 2.24) is 14.8 Å². The molecule has 0 fully saturated rings. The Morgan fingerprint density at radius 1 is 0.767 bits per heavy atom. The van der Waals surface area contributed by atoms with Crippen molar-refractivity contribution in [3.05, 3.63) is 108 Å². The number of anilines is 2. The zero-order chi connectivity index (χ0) is 20.8. The first-order valence-electron chi connectivity index (χ1n) is 9.37. The van der Waals surface area contributed by atoms with E-state index < -0.39 is 0 Å². The van der Waals surface area contributed by atoms with Gasteiger partial charge in [0.05, 0.1) is 6.54 Å². The quantitative estimate of drug-likeness (QED) is 0.517. The van der Waals surface area contributed by atoms with Crippen molar-refractivity contribution in [3.63, 3.8) is 0 Å². The lowest BCUT2D eigenvalue weighted by molar-refractivity contribution is 0.102. The van der Waals surface area contributed by atoms with E-state index in [1.54, 1.807) is 47.4 Å². The van der Waals surface area contributed by atoms with Gasteiger partial charge in [0.2, 0.25) is 0 Å². The summed E-state index contributed by atoms with van der Waals surface area (Å²) in [5.74, 6) is -0.434. The lowest BCUT2D eigenvalue weighted by atomic mass is 10.1. The third-order valence-electron chi connectivity index (χ3n) is 4.51. The highest BCUT2D eigenvalue weighted by atomic mass is 16.2. The number of nitrogens with zero attached hydrogens (tertiary/aromatic N) is 3. The molecule has 0 saturated heterocycles. The van der Waals surface area contributed by atoms with E-state index in [0.29, 0.717) is 29.0 Å². The molecule has 0 spiro atoms. The van der Waals surface area contributed by atoms with E-state index in [2.05, 4.69) is 20.7 Å². The van der Waals surface area contributed by atoms with E-state index in [-0.39, 0.29) is 11.8 Å². The van der Waals surface area contributed by atoms with Crippen molar-refractivity contribution in [1.29, 1.82) is 0 Å². The minimum atomic E-state index is -0.234. The number of amides is 2. The second-order valence-corrected chi connectivity index (χ2v) is 6.60. The predicted molar refractivity (Wildman–Crippen MR) is 114 cm³/mol. The van der Waals surface area contributed by atoms with Crippen LogP contribution in [-0.4, -0.2) is 26.6 Å². The molecule has 148 valence electrons. The second-order valence-electron chi connectivity index (χ2n) is 6.60. The summed E-state index contributed by atoms with van der Waals surface area (Å²) in [6.07, 6.45) is 3.10. The van der Waals surface area contributed by atoms with Gasteiger partial charge in [-0.2, -0.15) is 5.10 Å². The van der Waals surface area contributed by atoms with Crippen LogP contribution in [-0.2, 0) is 6.54 Å². The van der Waals surface area contributed by atoms with Gasteiger partial charge in [0.15, 0.2) is 0 Å². The Morgan fingerprint density at radius 2 is 1.43 bits per heavy atom. The molecule has 0 aliphatic heterocycles. The number of hydrogen-bond donors (Lipinski definition) is 2. The molecule has 0 saturated carbocycles. The lowest BCUT2D eigenvalue weighted by Gasteiger charge is -2.11. The molecule has 3 aromatic carbocycles. The molecule has 0 bridgehead atoms. The maximum absolute atomic E-state index is 12.7. The van der Waals surface area contributed by atoms with Crippen molar-refractivity contribution >= 4 is 23.2 Å². The maximum atomic E-state index is 12.7. The van der Waals surface area contributed by atoms with Crippen LogP contribution in [0.15, 0.2) is 91.5 Å². The molecule has 4 rings (SSSR count). The average Bonchev–Trinajstić information content (AvgIpc) is 3.29. The van der Waals surface area contributed by atoms with Crippen molar-refractivity contribution in [2.24, 2.45) is 0 Å². The van der Waals surface area contributed by atoms with Crippen LogP contribution in [0.5, 0.6) is 0 Å². The monoisotopic (exact) mass is 397 g/mol. The van der Waals surface area contributed by atoms with Crippen LogP contribution < -0.4 is 10.6 Å². The van der Waals surface area contributed by atoms with E-state index in [4.69, 9.17) is 0 Å². The molecule has 0 unspecified atom stereocenters. The summed E-state index contributed by atoms with van der Waals surface area (Å²) in [5, 5.41) is 9.86. The molecule has 4 aromatic rings. The molecule has 0 radical (unpaired) electrons. The Bertz CT molecular complexity index is 1140. The summed E-state index contributed by atoms with van der Waals surface area (Å²) in [6.45, 7) is 0.501. The fourth-order valence-electron chi connectivity index (χ4n) is 2.96. The van der Waals surface area contributed by atoms with Crippen molar-refractivity contribution < 1.29 is 9.59 Å². The van der Waals surface area contributed by atoms with Gasteiger partial charge in [-0.05, 0) is 48.0 Å². The number of para-hydroxylation sites is 1. The highest BCUT2D eigenvalue weighted by molar-refractivity contribution is 6.06. The highest BCUT2D eigenvalue weighted by Crippen LogP contribution is 2.18. The largest absolute Gasteiger partial charge is 0.322 e. The zero-order valence-corrected chi connectivity index (χ0v) is 16.0. The predicted octanol–water partition coefficient (Wildman–Crippen LogP) is 3.83. The lowest BCUT2D eigenvalue weighted by Crippen LogP contribution is -2.15. The molecule has 0 aliphatic rings. The summed E-state index contributed by atoms with van der Waals surface area (Å²) in [6, 6.07) is 23.3. The molecule has 1 aromatic heterocycles. The topological polar surface area (TPSA) is 88.9 Å². The number of carbonyl (C=O) groups excluding carboxylic acids is 2. The number of aromatic nitrogens is 3. The fourth-order valence-corrected chi connectivity index (χ4v) is 2.96. The first kappa shape index (κ1) is 19.1. The van der Waals surface area contributed by atoms with Crippen LogP contribution >= 0.6 is 0 Å². The third-order valence-corrected chi connectivity index (χ3v) is 4.51. The molecule has 1 heterocycles. The van der Waals surface area contributed by atoms with E-state index >= 15 is 0 Å². The first-order chi connectivity index (χ1) is 14.7. The summed E-state index contributed by atoms with van der Waals surface area (Å²) in [7, 11) is 0. The van der Waals surface area contributed by atoms with Crippen molar-refractivity contribution in [2.75, 3.05) is 10.6 Å². The van der Waals surface area contributed by atoms with E-state index in [9.17, 15) is 9.59 Å². The third kappa shape index (κ3) is 4.59. The molecule has 7 heteroatoms. The van der Waals surface area contributed by atoms with Gasteiger partial charge in [-0.15, -0.1) is 0 Å². The van der Waals surface area contributed by atoms with Gasteiger partial charge in [-0.3, -0.25) is 9.59 Å². The average molecular weight is 397 g/mol. The number of benzene rings is 3. The second kappa shape index (κ2) is 8.83. The zero-order valence-electron chi connectivity index (χ0n) is 16.0. The van der Waals surface area contributed by atoms with Crippen molar-refractivity contribution in [2.45, 2.75) is 6.54 Å². The van der Waals surface area contributed by atoms with E-state index in [1.807, 2.05) is 42.5 Å². The van der Waals surface area contributed by atoms with Crippen LogP contribution in [0.1, 0.15) is 26.3 Å². The Kier molecular flexibility index (Phi) is 5.61. The van der Waals surface area contributed by atoms with Gasteiger partial charge >= 0.3 is 0 Å². The number of rotatable bonds is 6. The number of hydrogen-bond acceptors (Lipinski definition) is 4. The molecule has 0 aliphatic carbocycles. The molecular formula is C23H19N5O2. The summed E-state index contributed by atoms with van der Waals surface area (Å²) in [5.41, 5.74) is 3.31. The minimum Gasteiger partial charge on any atom is -0.322 e. The highest BCUT2D eigenvalue weighted by Gasteiger charge is 2.11. The first-order valence-corrected chi connectivity index (χ1v) is 9.37. The molecule has 7 nitrogen and oxygen atoms in total. The normalized spacial score (nSPS) is 10.4. The van der Waals surface area contributed by atoms with Crippen LogP contribution in [0, 0.1) is 0 Å². The summed E-state index contributed by atoms with van der Waals surface area (Å²) < 4.78 is 1.69. The molecular weight excluding hydrogens is 378 g/mol. The van der Waals surface area contributed by atoms with Gasteiger partial charge in [-0.25, -0.2) is 9.67 Å². The Balaban J connectivity index is 1.43. The Hall–Kier alpha value is -4.26. The van der Waals surface area contributed by atoms with Gasteiger partial charge in [0.1, 0.15) is 12.7 Å². The van der Waals surface area contributed by atoms with Crippen LogP contribution in [0.2, 0.25) is 0 Å². The van der Waals surface area contributed by atoms with Crippen molar-refractivity contribution in [3.8, 4) is 0 Å². The van der Waals surface area contributed by atoms with E-state index in [0.717, 1.165) is 5.56 Å². The van der Waals surface area contributed by atoms with Crippen LogP contribution in [0.4, 0.5) is 11.4 Å². The summed E-state index contributed by atoms with van der Waals surface area (Å²) >= 11 is 0. The van der Waals surface area contributed by atoms with Gasteiger partial charge in [0, 0.05) is 22.5 Å². The number of nitrogens with one attached hydrogen (secondary N) is 2. The molecule has 2 N–H and O–H groups in total. The molecule has 0 atom stereocenters. The van der Waals surface area contributed by atoms with Gasteiger partial charge < -0.3 is 10.6 Å². The smallest absolute Gasteiger partial charge is 0.255 e. The fraction of sp³-hybridized carbons (Fsp3) is 0.0435. The van der Waals surface area contributed by atoms with E-state index in [1.165, 1.54) is 6.33 Å². The Labute approximate surface area is 173 Å². The number of carbonyl (C=O) groups is 2. The Morgan fingerprint density at radius 3 is 2.17 bits per heavy atom. The van der Waals surface area contributed by atoms with Gasteiger partial charge in [-0.1, -0.05) is 36.4 Å². The molecule has 2 amide bonds.